The molecule has 3 rings (SSSR count). The molecule has 0 radical (unpaired) electrons. The maximum atomic E-state index is 12.0. The number of benzene rings is 2. The summed E-state index contributed by atoms with van der Waals surface area (Å²) in [5, 5.41) is 2.76. The van der Waals surface area contributed by atoms with Crippen molar-refractivity contribution in [1.82, 2.24) is 4.98 Å². The number of hydrogen-bond acceptors (Lipinski definition) is 4. The van der Waals surface area contributed by atoms with Gasteiger partial charge >= 0.3 is 0 Å². The molecule has 0 saturated heterocycles. The summed E-state index contributed by atoms with van der Waals surface area (Å²) in [7, 11) is 0. The summed E-state index contributed by atoms with van der Waals surface area (Å²) >= 11 is 0. The number of amides is 2. The van der Waals surface area contributed by atoms with Crippen molar-refractivity contribution in [2.45, 2.75) is 6.42 Å². The number of oxazole rings is 1. The van der Waals surface area contributed by atoms with Crippen LogP contribution in [0.3, 0.4) is 0 Å². The van der Waals surface area contributed by atoms with Crippen LogP contribution in [0.1, 0.15) is 15.9 Å². The summed E-state index contributed by atoms with van der Waals surface area (Å²) in [5.41, 5.74) is 8.40. The molecule has 6 nitrogen and oxygen atoms in total. The number of anilines is 1. The van der Waals surface area contributed by atoms with E-state index in [-0.39, 0.29) is 12.3 Å². The lowest BCUT2D eigenvalue weighted by Gasteiger charge is -2.06. The van der Waals surface area contributed by atoms with Gasteiger partial charge in [0, 0.05) is 11.3 Å². The standard InChI is InChI=1S/C16H13N3O3/c17-16(21)11-2-4-12(5-3-11)19-15(20)8-10-1-6-13-14(7-10)22-9-18-13/h1-7,9H,8H2,(H2,17,21)(H,19,20). The number of carbonyl (C=O) groups excluding carboxylic acids is 2. The summed E-state index contributed by atoms with van der Waals surface area (Å²) in [6.45, 7) is 0. The van der Waals surface area contributed by atoms with E-state index in [0.717, 1.165) is 11.1 Å². The molecule has 0 fully saturated rings. The van der Waals surface area contributed by atoms with Gasteiger partial charge in [-0.3, -0.25) is 9.59 Å². The number of nitrogens with two attached hydrogens (primary N) is 1. The van der Waals surface area contributed by atoms with Crippen LogP contribution in [0.25, 0.3) is 11.1 Å². The molecule has 3 aromatic rings. The maximum absolute atomic E-state index is 12.0. The van der Waals surface area contributed by atoms with Gasteiger partial charge in [-0.25, -0.2) is 4.98 Å². The van der Waals surface area contributed by atoms with Crippen molar-refractivity contribution in [2.24, 2.45) is 5.73 Å². The second-order valence-electron chi connectivity index (χ2n) is 4.82. The fourth-order valence-electron chi connectivity index (χ4n) is 2.12. The lowest BCUT2D eigenvalue weighted by Crippen LogP contribution is -2.15. The third-order valence-electron chi connectivity index (χ3n) is 3.21. The Bertz CT molecular complexity index is 837. The van der Waals surface area contributed by atoms with Crippen molar-refractivity contribution in [3.8, 4) is 0 Å². The number of nitrogens with one attached hydrogen (secondary N) is 1. The highest BCUT2D eigenvalue weighted by Gasteiger charge is 2.07. The molecule has 0 unspecified atom stereocenters. The van der Waals surface area contributed by atoms with Gasteiger partial charge in [-0.05, 0) is 42.0 Å². The molecule has 2 amide bonds. The second-order valence-corrected chi connectivity index (χ2v) is 4.82. The number of primary amides is 1. The largest absolute Gasteiger partial charge is 0.443 e. The molecule has 0 bridgehead atoms. The van der Waals surface area contributed by atoms with Crippen molar-refractivity contribution < 1.29 is 14.0 Å². The number of aromatic nitrogens is 1. The molecular weight excluding hydrogens is 282 g/mol. The molecular formula is C16H13N3O3. The van der Waals surface area contributed by atoms with Crippen molar-refractivity contribution in [3.05, 3.63) is 60.0 Å². The third kappa shape index (κ3) is 2.95. The highest BCUT2D eigenvalue weighted by atomic mass is 16.3. The SMILES string of the molecule is NC(=O)c1ccc(NC(=O)Cc2ccc3ncoc3c2)cc1. The molecule has 0 aliphatic heterocycles. The molecule has 3 N–H and O–H groups in total. The van der Waals surface area contributed by atoms with Crippen LogP contribution in [0.5, 0.6) is 0 Å². The number of rotatable bonds is 4. The van der Waals surface area contributed by atoms with Gasteiger partial charge in [0.2, 0.25) is 11.8 Å². The average molecular weight is 295 g/mol. The average Bonchev–Trinajstić information content (AvgIpc) is 2.95. The summed E-state index contributed by atoms with van der Waals surface area (Å²) in [6.07, 6.45) is 1.59. The highest BCUT2D eigenvalue weighted by molar-refractivity contribution is 5.95. The second kappa shape index (κ2) is 5.69. The maximum Gasteiger partial charge on any atom is 0.248 e. The lowest BCUT2D eigenvalue weighted by molar-refractivity contribution is -0.115. The molecule has 2 aromatic carbocycles. The molecule has 0 spiro atoms. The van der Waals surface area contributed by atoms with E-state index < -0.39 is 5.91 Å². The molecule has 0 saturated carbocycles. The van der Waals surface area contributed by atoms with Crippen LogP contribution in [0.2, 0.25) is 0 Å². The number of nitrogens with zero attached hydrogens (tertiary/aromatic N) is 1. The Morgan fingerprint density at radius 1 is 1.14 bits per heavy atom. The Labute approximate surface area is 125 Å². The van der Waals surface area contributed by atoms with Gasteiger partial charge in [-0.1, -0.05) is 6.07 Å². The first kappa shape index (κ1) is 13.8. The van der Waals surface area contributed by atoms with Crippen LogP contribution in [0, 0.1) is 0 Å². The van der Waals surface area contributed by atoms with E-state index >= 15 is 0 Å². The van der Waals surface area contributed by atoms with E-state index in [1.54, 1.807) is 30.3 Å². The Hall–Kier alpha value is -3.15. The molecule has 1 aromatic heterocycles. The minimum atomic E-state index is -0.502. The predicted molar refractivity (Wildman–Crippen MR) is 81.3 cm³/mol. The summed E-state index contributed by atoms with van der Waals surface area (Å²) in [5.74, 6) is -0.663. The van der Waals surface area contributed by atoms with Crippen LogP contribution in [-0.2, 0) is 11.2 Å². The van der Waals surface area contributed by atoms with Crippen LogP contribution >= 0.6 is 0 Å². The summed E-state index contributed by atoms with van der Waals surface area (Å²) in [6, 6.07) is 11.8. The number of fused-ring (bicyclic) bond motifs is 1. The van der Waals surface area contributed by atoms with Crippen molar-refractivity contribution in [3.63, 3.8) is 0 Å². The van der Waals surface area contributed by atoms with Crippen LogP contribution in [-0.4, -0.2) is 16.8 Å². The highest BCUT2D eigenvalue weighted by Crippen LogP contribution is 2.15. The van der Waals surface area contributed by atoms with Gasteiger partial charge in [-0.15, -0.1) is 0 Å². The van der Waals surface area contributed by atoms with Gasteiger partial charge in [0.15, 0.2) is 12.0 Å². The van der Waals surface area contributed by atoms with Crippen LogP contribution in [0.15, 0.2) is 53.3 Å². The molecule has 1 heterocycles. The minimum absolute atomic E-state index is 0.161. The normalized spacial score (nSPS) is 10.5. The van der Waals surface area contributed by atoms with Gasteiger partial charge in [-0.2, -0.15) is 0 Å². The van der Waals surface area contributed by atoms with Crippen molar-refractivity contribution in [1.29, 1.82) is 0 Å². The minimum Gasteiger partial charge on any atom is -0.443 e. The molecule has 110 valence electrons. The van der Waals surface area contributed by atoms with E-state index in [1.807, 2.05) is 12.1 Å². The molecule has 22 heavy (non-hydrogen) atoms. The van der Waals surface area contributed by atoms with Crippen molar-refractivity contribution >= 4 is 28.6 Å². The zero-order chi connectivity index (χ0) is 15.5. The fraction of sp³-hybridized carbons (Fsp3) is 0.0625. The smallest absolute Gasteiger partial charge is 0.248 e. The fourth-order valence-corrected chi connectivity index (χ4v) is 2.12. The zero-order valence-corrected chi connectivity index (χ0v) is 11.6. The summed E-state index contributed by atoms with van der Waals surface area (Å²) < 4.78 is 5.21. The number of hydrogen-bond donors (Lipinski definition) is 2. The third-order valence-corrected chi connectivity index (χ3v) is 3.21. The molecule has 0 aliphatic carbocycles. The monoisotopic (exact) mass is 295 g/mol. The lowest BCUT2D eigenvalue weighted by atomic mass is 10.1. The van der Waals surface area contributed by atoms with Crippen molar-refractivity contribution in [2.75, 3.05) is 5.32 Å². The molecule has 6 heteroatoms. The Kier molecular flexibility index (Phi) is 3.57. The topological polar surface area (TPSA) is 98.2 Å². The first-order chi connectivity index (χ1) is 10.6. The summed E-state index contributed by atoms with van der Waals surface area (Å²) in [4.78, 5) is 27.0. The number of carbonyl (C=O) groups is 2. The van der Waals surface area contributed by atoms with E-state index in [1.165, 1.54) is 6.39 Å². The van der Waals surface area contributed by atoms with Gasteiger partial charge < -0.3 is 15.5 Å². The first-order valence-corrected chi connectivity index (χ1v) is 6.64. The Balaban J connectivity index is 1.67. The Morgan fingerprint density at radius 2 is 1.91 bits per heavy atom. The zero-order valence-electron chi connectivity index (χ0n) is 11.6. The van der Waals surface area contributed by atoms with Crippen LogP contribution in [0.4, 0.5) is 5.69 Å². The quantitative estimate of drug-likeness (QED) is 0.770. The predicted octanol–water partition coefficient (Wildman–Crippen LogP) is 2.11. The van der Waals surface area contributed by atoms with Crippen LogP contribution < -0.4 is 11.1 Å². The van der Waals surface area contributed by atoms with E-state index in [9.17, 15) is 9.59 Å². The van der Waals surface area contributed by atoms with E-state index in [0.29, 0.717) is 16.8 Å². The van der Waals surface area contributed by atoms with E-state index in [4.69, 9.17) is 10.2 Å². The van der Waals surface area contributed by atoms with Gasteiger partial charge in [0.1, 0.15) is 5.52 Å². The van der Waals surface area contributed by atoms with E-state index in [2.05, 4.69) is 10.3 Å². The first-order valence-electron chi connectivity index (χ1n) is 6.64. The molecule has 0 atom stereocenters. The Morgan fingerprint density at radius 3 is 2.64 bits per heavy atom. The molecule has 0 aliphatic rings. The van der Waals surface area contributed by atoms with Gasteiger partial charge in [0.25, 0.3) is 0 Å². The van der Waals surface area contributed by atoms with Gasteiger partial charge in [0.05, 0.1) is 6.42 Å².